The van der Waals surface area contributed by atoms with Gasteiger partial charge in [0.1, 0.15) is 19.3 Å². The number of carbonyl (C=O) groups excluding carboxylic acids is 4. The van der Waals surface area contributed by atoms with Gasteiger partial charge in [-0.15, -0.1) is 0 Å². The summed E-state index contributed by atoms with van der Waals surface area (Å²) in [5.74, 6) is -2.11. The number of unbranched alkanes of at least 4 members (excludes halogenated alkanes) is 51. The van der Waals surface area contributed by atoms with E-state index in [-0.39, 0.29) is 25.7 Å². The van der Waals surface area contributed by atoms with Gasteiger partial charge in [-0.25, -0.2) is 9.13 Å². The largest absolute Gasteiger partial charge is 0.472 e. The minimum Gasteiger partial charge on any atom is -0.462 e. The Balaban J connectivity index is 5.21. The SMILES string of the molecule is CCCCCCCCCCCCCCCCCCCCCC(=O)O[C@H](COC(=O)CCCCCCCCCCCCCCCC)COP(=O)(O)OC[C@@H](O)COP(=O)(O)OC[C@@H](COC(=O)CCCCCCCCCCC)OC(=O)CCCCCCCCCCCCCCC. The Labute approximate surface area is 581 Å². The number of ether oxygens (including phenoxy) is 4. The maximum absolute atomic E-state index is 13.1. The molecule has 3 N–H and O–H groups in total. The highest BCUT2D eigenvalue weighted by Gasteiger charge is 2.30. The molecule has 5 atom stereocenters. The third-order valence-electron chi connectivity index (χ3n) is 17.9. The van der Waals surface area contributed by atoms with E-state index in [0.29, 0.717) is 25.7 Å². The molecule has 0 aliphatic rings. The van der Waals surface area contributed by atoms with Crippen molar-refractivity contribution in [3.05, 3.63) is 0 Å². The van der Waals surface area contributed by atoms with Gasteiger partial charge in [0, 0.05) is 25.7 Å². The number of hydrogen-bond donors (Lipinski definition) is 3. The summed E-state index contributed by atoms with van der Waals surface area (Å²) in [5.41, 5.74) is 0. The van der Waals surface area contributed by atoms with Crippen molar-refractivity contribution >= 4 is 39.5 Å². The second-order valence-electron chi connectivity index (χ2n) is 27.4. The first kappa shape index (κ1) is 93.1. The topological polar surface area (TPSA) is 237 Å². The van der Waals surface area contributed by atoms with E-state index in [0.717, 1.165) is 89.9 Å². The van der Waals surface area contributed by atoms with Crippen LogP contribution in [0.3, 0.4) is 0 Å². The van der Waals surface area contributed by atoms with Gasteiger partial charge in [-0.1, -0.05) is 355 Å². The lowest BCUT2D eigenvalue weighted by Crippen LogP contribution is -2.30. The summed E-state index contributed by atoms with van der Waals surface area (Å²) >= 11 is 0. The predicted molar refractivity (Wildman–Crippen MR) is 386 cm³/mol. The molecule has 0 spiro atoms. The zero-order valence-corrected chi connectivity index (χ0v) is 63.4. The molecule has 0 aliphatic carbocycles. The first-order valence-electron chi connectivity index (χ1n) is 39.8. The summed E-state index contributed by atoms with van der Waals surface area (Å²) < 4.78 is 68.5. The van der Waals surface area contributed by atoms with E-state index in [2.05, 4.69) is 27.7 Å². The molecule has 17 nitrogen and oxygen atoms in total. The number of phosphoric ester groups is 2. The summed E-state index contributed by atoms with van der Waals surface area (Å²) in [7, 11) is -9.91. The molecule has 95 heavy (non-hydrogen) atoms. The zero-order valence-electron chi connectivity index (χ0n) is 61.6. The van der Waals surface area contributed by atoms with E-state index < -0.39 is 97.5 Å². The van der Waals surface area contributed by atoms with Crippen molar-refractivity contribution in [2.75, 3.05) is 39.6 Å². The van der Waals surface area contributed by atoms with Gasteiger partial charge in [-0.2, -0.15) is 0 Å². The minimum absolute atomic E-state index is 0.108. The smallest absolute Gasteiger partial charge is 0.462 e. The molecule has 0 aliphatic heterocycles. The Morgan fingerprint density at radius 2 is 0.421 bits per heavy atom. The fraction of sp³-hybridized carbons (Fsp3) is 0.947. The van der Waals surface area contributed by atoms with Crippen molar-refractivity contribution in [1.29, 1.82) is 0 Å². The van der Waals surface area contributed by atoms with Gasteiger partial charge in [0.25, 0.3) is 0 Å². The molecular weight excluding hydrogens is 1250 g/mol. The molecule has 0 rings (SSSR count). The summed E-state index contributed by atoms with van der Waals surface area (Å²) in [6.07, 6.45) is 60.9. The normalized spacial score (nSPS) is 13.9. The quantitative estimate of drug-likeness (QED) is 0.0222. The van der Waals surface area contributed by atoms with Gasteiger partial charge in [0.05, 0.1) is 26.4 Å². The van der Waals surface area contributed by atoms with E-state index in [1.54, 1.807) is 0 Å². The third-order valence-corrected chi connectivity index (χ3v) is 19.8. The summed E-state index contributed by atoms with van der Waals surface area (Å²) in [5, 5.41) is 10.6. The van der Waals surface area contributed by atoms with Gasteiger partial charge in [-0.3, -0.25) is 37.3 Å². The van der Waals surface area contributed by atoms with Crippen molar-refractivity contribution in [1.82, 2.24) is 0 Å². The molecule has 0 radical (unpaired) electrons. The Hall–Kier alpha value is -1.94. The fourth-order valence-corrected chi connectivity index (χ4v) is 13.3. The third kappa shape index (κ3) is 70.3. The van der Waals surface area contributed by atoms with Gasteiger partial charge in [-0.05, 0) is 25.7 Å². The molecule has 564 valence electrons. The van der Waals surface area contributed by atoms with Gasteiger partial charge in [0.15, 0.2) is 12.2 Å². The van der Waals surface area contributed by atoms with Crippen LogP contribution in [0.25, 0.3) is 0 Å². The zero-order chi connectivity index (χ0) is 69.7. The second-order valence-corrected chi connectivity index (χ2v) is 30.3. The predicted octanol–water partition coefficient (Wildman–Crippen LogP) is 22.6. The summed E-state index contributed by atoms with van der Waals surface area (Å²) in [6.45, 7) is 4.98. The molecule has 19 heteroatoms. The molecule has 0 saturated carbocycles. The van der Waals surface area contributed by atoms with Crippen LogP contribution in [0.15, 0.2) is 0 Å². The average molecular weight is 1400 g/mol. The maximum atomic E-state index is 13.1. The molecule has 0 aromatic carbocycles. The van der Waals surface area contributed by atoms with E-state index >= 15 is 0 Å². The van der Waals surface area contributed by atoms with Crippen molar-refractivity contribution in [2.45, 2.75) is 425 Å². The minimum atomic E-state index is -4.96. The number of phosphoric acid groups is 2. The molecule has 0 heterocycles. The Morgan fingerprint density at radius 3 is 0.621 bits per heavy atom. The van der Waals surface area contributed by atoms with Crippen LogP contribution in [0.4, 0.5) is 0 Å². The lowest BCUT2D eigenvalue weighted by Gasteiger charge is -2.21. The lowest BCUT2D eigenvalue weighted by atomic mass is 10.0. The summed E-state index contributed by atoms with van der Waals surface area (Å²) in [6, 6.07) is 0. The number of aliphatic hydroxyl groups excluding tert-OH is 1. The molecule has 0 fully saturated rings. The van der Waals surface area contributed by atoms with Crippen LogP contribution in [-0.4, -0.2) is 96.7 Å². The average Bonchev–Trinajstić information content (AvgIpc) is 3.39. The van der Waals surface area contributed by atoms with Crippen LogP contribution in [0.5, 0.6) is 0 Å². The van der Waals surface area contributed by atoms with Crippen molar-refractivity contribution in [3.8, 4) is 0 Å². The second kappa shape index (κ2) is 70.5. The Morgan fingerprint density at radius 1 is 0.253 bits per heavy atom. The molecule has 0 amide bonds. The molecule has 2 unspecified atom stereocenters. The van der Waals surface area contributed by atoms with E-state index in [9.17, 15) is 43.2 Å². The number of aliphatic hydroxyl groups is 1. The van der Waals surface area contributed by atoms with Gasteiger partial charge >= 0.3 is 39.5 Å². The van der Waals surface area contributed by atoms with Gasteiger partial charge < -0.3 is 33.8 Å². The molecule has 0 aromatic rings. The Bertz CT molecular complexity index is 1810. The van der Waals surface area contributed by atoms with Crippen molar-refractivity contribution < 1.29 is 80.2 Å². The number of hydrogen-bond acceptors (Lipinski definition) is 15. The standard InChI is InChI=1S/C76H148O17P2/c1-5-9-13-17-21-25-28-31-33-34-35-36-37-40-43-47-51-55-59-63-76(81)93-72(67-87-74(79)61-57-53-49-45-41-39-32-29-26-22-18-14-10-6-2)69-91-95(84,85)89-65-70(77)64-88-94(82,83)90-68-71(66-86-73(78)60-56-52-48-44-24-20-16-12-8-4)92-75(80)62-58-54-50-46-42-38-30-27-23-19-15-11-7-3/h70-72,77H,5-69H2,1-4H3,(H,82,83)(H,84,85)/t70-,71+,72+/m0/s1. The highest BCUT2D eigenvalue weighted by atomic mass is 31.2. The van der Waals surface area contributed by atoms with Crippen LogP contribution >= 0.6 is 15.6 Å². The van der Waals surface area contributed by atoms with Crippen LogP contribution in [-0.2, 0) is 65.4 Å². The first-order chi connectivity index (χ1) is 46.2. The summed E-state index contributed by atoms with van der Waals surface area (Å²) in [4.78, 5) is 72.8. The van der Waals surface area contributed by atoms with Crippen molar-refractivity contribution in [3.63, 3.8) is 0 Å². The van der Waals surface area contributed by atoms with Crippen LogP contribution in [0.2, 0.25) is 0 Å². The van der Waals surface area contributed by atoms with Crippen molar-refractivity contribution in [2.24, 2.45) is 0 Å². The first-order valence-corrected chi connectivity index (χ1v) is 42.8. The van der Waals surface area contributed by atoms with Crippen LogP contribution in [0, 0.1) is 0 Å². The van der Waals surface area contributed by atoms with Gasteiger partial charge in [0.2, 0.25) is 0 Å². The van der Waals surface area contributed by atoms with E-state index in [1.807, 2.05) is 0 Å². The fourth-order valence-electron chi connectivity index (χ4n) is 11.8. The molecule has 0 aromatic heterocycles. The number of esters is 4. The van der Waals surface area contributed by atoms with E-state index in [4.69, 9.17) is 37.0 Å². The van der Waals surface area contributed by atoms with E-state index in [1.165, 1.54) is 238 Å². The lowest BCUT2D eigenvalue weighted by molar-refractivity contribution is -0.161. The number of carbonyl (C=O) groups is 4. The highest BCUT2D eigenvalue weighted by molar-refractivity contribution is 7.47. The molecule has 0 bridgehead atoms. The van der Waals surface area contributed by atoms with Crippen LogP contribution in [0.1, 0.15) is 407 Å². The van der Waals surface area contributed by atoms with Crippen LogP contribution < -0.4 is 0 Å². The monoisotopic (exact) mass is 1400 g/mol. The molecule has 0 saturated heterocycles. The number of rotatable bonds is 77. The maximum Gasteiger partial charge on any atom is 0.472 e. The highest BCUT2D eigenvalue weighted by Crippen LogP contribution is 2.45. The Kier molecular flexibility index (Phi) is 69.1. The molecular formula is C76H148O17P2.